The highest BCUT2D eigenvalue weighted by Gasteiger charge is 2.34. The predicted molar refractivity (Wildman–Crippen MR) is 58.5 cm³/mol. The van der Waals surface area contributed by atoms with Gasteiger partial charge >= 0.3 is 5.97 Å². The minimum Gasteiger partial charge on any atom is -0.480 e. The number of likely N-dealkylation sites (N-methyl/N-ethyl adjacent to an activating group) is 1. The molecule has 6 heteroatoms. The lowest BCUT2D eigenvalue weighted by molar-refractivity contribution is -0.139. The van der Waals surface area contributed by atoms with Crippen molar-refractivity contribution in [1.29, 1.82) is 0 Å². The number of carboxylic acid groups (broad SMARTS) is 1. The van der Waals surface area contributed by atoms with Crippen LogP contribution in [-0.2, 0) is 14.3 Å². The molecule has 1 aliphatic heterocycles. The molecule has 1 aliphatic rings. The molecule has 0 amide bonds. The fraction of sp³-hybridized carbons (Fsp3) is 0.900. The molecule has 3 atom stereocenters. The summed E-state index contributed by atoms with van der Waals surface area (Å²) in [7, 11) is 4.94. The second-order valence-electron chi connectivity index (χ2n) is 3.95. The highest BCUT2D eigenvalue weighted by molar-refractivity contribution is 5.73. The van der Waals surface area contributed by atoms with Gasteiger partial charge in [0.15, 0.2) is 0 Å². The van der Waals surface area contributed by atoms with Crippen molar-refractivity contribution in [3.63, 3.8) is 0 Å². The number of carbonyl (C=O) groups is 1. The van der Waals surface area contributed by atoms with Crippen molar-refractivity contribution >= 4 is 5.97 Å². The Kier molecular flexibility index (Phi) is 5.14. The monoisotopic (exact) mass is 232 g/mol. The Morgan fingerprint density at radius 1 is 1.44 bits per heavy atom. The molecule has 94 valence electrons. The van der Waals surface area contributed by atoms with E-state index in [2.05, 4.69) is 5.32 Å². The summed E-state index contributed by atoms with van der Waals surface area (Å²) in [6.07, 6.45) is 0.0487. The lowest BCUT2D eigenvalue weighted by Crippen LogP contribution is -2.44. The van der Waals surface area contributed by atoms with Crippen LogP contribution >= 0.6 is 0 Å². The molecule has 3 unspecified atom stereocenters. The molecule has 0 aromatic carbocycles. The highest BCUT2D eigenvalue weighted by atomic mass is 16.5. The van der Waals surface area contributed by atoms with E-state index in [9.17, 15) is 4.79 Å². The molecule has 1 fully saturated rings. The van der Waals surface area contributed by atoms with Crippen LogP contribution in [0.15, 0.2) is 0 Å². The molecule has 0 aliphatic carbocycles. The topological polar surface area (TPSA) is 71.0 Å². The maximum Gasteiger partial charge on any atom is 0.322 e. The second-order valence-corrected chi connectivity index (χ2v) is 3.95. The number of methoxy groups -OCH3 is 2. The molecule has 0 aromatic rings. The lowest BCUT2D eigenvalue weighted by atomic mass is 10.3. The van der Waals surface area contributed by atoms with Gasteiger partial charge in [0.05, 0.1) is 12.2 Å². The van der Waals surface area contributed by atoms with Gasteiger partial charge in [0.2, 0.25) is 0 Å². The summed E-state index contributed by atoms with van der Waals surface area (Å²) in [6.45, 7) is 1.88. The molecule has 16 heavy (non-hydrogen) atoms. The number of likely N-dealkylation sites (tertiary alicyclic amines) is 1. The minimum atomic E-state index is -0.836. The molecular weight excluding hydrogens is 212 g/mol. The van der Waals surface area contributed by atoms with E-state index in [1.165, 1.54) is 0 Å². The highest BCUT2D eigenvalue weighted by Crippen LogP contribution is 2.15. The molecule has 0 saturated carbocycles. The average molecular weight is 232 g/mol. The van der Waals surface area contributed by atoms with Crippen molar-refractivity contribution in [3.8, 4) is 0 Å². The number of ether oxygens (including phenoxy) is 2. The number of aliphatic carboxylic acids is 1. The first-order valence-electron chi connectivity index (χ1n) is 5.30. The van der Waals surface area contributed by atoms with E-state index in [0.29, 0.717) is 19.6 Å². The largest absolute Gasteiger partial charge is 0.480 e. The first-order valence-corrected chi connectivity index (χ1v) is 5.30. The third-order valence-corrected chi connectivity index (χ3v) is 2.98. The molecule has 0 radical (unpaired) electrons. The Morgan fingerprint density at radius 2 is 1.94 bits per heavy atom. The number of carboxylic acids is 1. The van der Waals surface area contributed by atoms with Crippen molar-refractivity contribution in [1.82, 2.24) is 10.2 Å². The third kappa shape index (κ3) is 3.15. The summed E-state index contributed by atoms with van der Waals surface area (Å²) in [4.78, 5) is 12.9. The van der Waals surface area contributed by atoms with Crippen LogP contribution in [-0.4, -0.2) is 75.1 Å². The summed E-state index contributed by atoms with van der Waals surface area (Å²) in [5.41, 5.74) is 0. The lowest BCUT2D eigenvalue weighted by Gasteiger charge is -2.19. The van der Waals surface area contributed by atoms with Crippen LogP contribution < -0.4 is 5.32 Å². The first-order chi connectivity index (χ1) is 7.62. The zero-order valence-corrected chi connectivity index (χ0v) is 9.97. The smallest absolute Gasteiger partial charge is 0.322 e. The first kappa shape index (κ1) is 13.4. The van der Waals surface area contributed by atoms with Gasteiger partial charge in [-0.3, -0.25) is 9.69 Å². The van der Waals surface area contributed by atoms with Crippen molar-refractivity contribution in [2.75, 3.05) is 40.9 Å². The molecule has 0 aromatic heterocycles. The van der Waals surface area contributed by atoms with Crippen molar-refractivity contribution < 1.29 is 19.4 Å². The maximum atomic E-state index is 10.9. The molecule has 1 saturated heterocycles. The van der Waals surface area contributed by atoms with Gasteiger partial charge in [-0.2, -0.15) is 0 Å². The van der Waals surface area contributed by atoms with E-state index in [0.717, 1.165) is 0 Å². The molecule has 0 bridgehead atoms. The van der Waals surface area contributed by atoms with E-state index in [1.54, 1.807) is 21.3 Å². The quantitative estimate of drug-likeness (QED) is 0.612. The Balaban J connectivity index is 2.48. The summed E-state index contributed by atoms with van der Waals surface area (Å²) in [5.74, 6) is -0.836. The fourth-order valence-corrected chi connectivity index (χ4v) is 1.97. The van der Waals surface area contributed by atoms with Crippen LogP contribution in [0.4, 0.5) is 0 Å². The number of rotatable bonds is 6. The standard InChI is InChI=1S/C10H20N2O4/c1-11-7(10(13)14)4-12-5-8(15-2)9(6-12)16-3/h7-9,11H,4-6H2,1-3H3,(H,13,14). The van der Waals surface area contributed by atoms with Crippen LogP contribution in [0.25, 0.3) is 0 Å². The third-order valence-electron chi connectivity index (χ3n) is 2.98. The number of hydrogen-bond donors (Lipinski definition) is 2. The van der Waals surface area contributed by atoms with Gasteiger partial charge in [-0.25, -0.2) is 0 Å². The molecular formula is C10H20N2O4. The Bertz CT molecular complexity index is 225. The zero-order chi connectivity index (χ0) is 12.1. The van der Waals surface area contributed by atoms with Crippen LogP contribution in [0.1, 0.15) is 0 Å². The van der Waals surface area contributed by atoms with Crippen molar-refractivity contribution in [2.45, 2.75) is 18.2 Å². The summed E-state index contributed by atoms with van der Waals surface area (Å²) in [6, 6.07) is -0.548. The molecule has 6 nitrogen and oxygen atoms in total. The van der Waals surface area contributed by atoms with Gasteiger partial charge in [-0.05, 0) is 7.05 Å². The second kappa shape index (κ2) is 6.15. The Labute approximate surface area is 95.5 Å². The van der Waals surface area contributed by atoms with E-state index >= 15 is 0 Å². The molecule has 0 spiro atoms. The van der Waals surface area contributed by atoms with Gasteiger partial charge in [-0.15, -0.1) is 0 Å². The van der Waals surface area contributed by atoms with E-state index in [-0.39, 0.29) is 12.2 Å². The van der Waals surface area contributed by atoms with Crippen LogP contribution in [0.5, 0.6) is 0 Å². The SMILES string of the molecule is CNC(CN1CC(OC)C(OC)C1)C(=O)O. The van der Waals surface area contributed by atoms with Gasteiger partial charge in [0.25, 0.3) is 0 Å². The van der Waals surface area contributed by atoms with Gasteiger partial charge < -0.3 is 19.9 Å². The summed E-state index contributed by atoms with van der Waals surface area (Å²) < 4.78 is 10.6. The average Bonchev–Trinajstić information content (AvgIpc) is 2.67. The number of hydrogen-bond acceptors (Lipinski definition) is 5. The minimum absolute atomic E-state index is 0.0244. The van der Waals surface area contributed by atoms with Gasteiger partial charge in [0, 0.05) is 33.9 Å². The van der Waals surface area contributed by atoms with Crippen LogP contribution in [0, 0.1) is 0 Å². The van der Waals surface area contributed by atoms with Crippen LogP contribution in [0.2, 0.25) is 0 Å². The van der Waals surface area contributed by atoms with E-state index in [1.807, 2.05) is 4.90 Å². The maximum absolute atomic E-state index is 10.9. The normalized spacial score (nSPS) is 28.2. The Hall–Kier alpha value is -0.690. The van der Waals surface area contributed by atoms with Crippen molar-refractivity contribution in [3.05, 3.63) is 0 Å². The zero-order valence-electron chi connectivity index (χ0n) is 9.97. The molecule has 1 rings (SSSR count). The van der Waals surface area contributed by atoms with Gasteiger partial charge in [0.1, 0.15) is 6.04 Å². The molecule has 2 N–H and O–H groups in total. The summed E-state index contributed by atoms with van der Waals surface area (Å²) >= 11 is 0. The van der Waals surface area contributed by atoms with E-state index in [4.69, 9.17) is 14.6 Å². The van der Waals surface area contributed by atoms with Gasteiger partial charge in [-0.1, -0.05) is 0 Å². The van der Waals surface area contributed by atoms with E-state index < -0.39 is 12.0 Å². The Morgan fingerprint density at radius 3 is 2.25 bits per heavy atom. The fourth-order valence-electron chi connectivity index (χ4n) is 1.97. The van der Waals surface area contributed by atoms with Crippen molar-refractivity contribution in [2.24, 2.45) is 0 Å². The predicted octanol–water partition coefficient (Wildman–Crippen LogP) is -0.995. The number of nitrogens with zero attached hydrogens (tertiary/aromatic N) is 1. The molecule has 1 heterocycles. The van der Waals surface area contributed by atoms with Crippen LogP contribution in [0.3, 0.4) is 0 Å². The number of nitrogens with one attached hydrogen (secondary N) is 1. The summed E-state index contributed by atoms with van der Waals surface area (Å²) in [5, 5.41) is 11.7.